The minimum Gasteiger partial charge on any atom is -0.359 e. The normalized spacial score (nSPS) is 14.1. The Kier molecular flexibility index (Phi) is 5.18. The molecule has 1 heterocycles. The molecule has 5 nitrogen and oxygen atoms in total. The van der Waals surface area contributed by atoms with E-state index < -0.39 is 0 Å². The number of nitrogens with zero attached hydrogens (tertiary/aromatic N) is 2. The van der Waals surface area contributed by atoms with Gasteiger partial charge in [-0.15, -0.1) is 0 Å². The van der Waals surface area contributed by atoms with E-state index in [9.17, 15) is 0 Å². The van der Waals surface area contributed by atoms with E-state index in [1.807, 2.05) is 6.07 Å². The van der Waals surface area contributed by atoms with E-state index in [1.54, 1.807) is 7.05 Å². The lowest BCUT2D eigenvalue weighted by Gasteiger charge is -2.11. The summed E-state index contributed by atoms with van der Waals surface area (Å²) in [4.78, 5) is 4.26. The first-order valence-corrected chi connectivity index (χ1v) is 8.66. The first kappa shape index (κ1) is 16.6. The van der Waals surface area contributed by atoms with Crippen molar-refractivity contribution in [3.8, 4) is 0 Å². The van der Waals surface area contributed by atoms with Gasteiger partial charge in [-0.1, -0.05) is 37.2 Å². The predicted molar refractivity (Wildman–Crippen MR) is 96.1 cm³/mol. The molecule has 0 amide bonds. The fourth-order valence-electron chi connectivity index (χ4n) is 3.00. The van der Waals surface area contributed by atoms with Crippen LogP contribution < -0.4 is 10.6 Å². The molecule has 2 N–H and O–H groups in total. The maximum Gasteiger partial charge on any atom is 0.191 e. The zero-order valence-electron chi connectivity index (χ0n) is 14.7. The number of fused-ring (bicyclic) bond motifs is 1. The molecule has 1 aliphatic carbocycles. The number of hydrogen-bond acceptors (Lipinski definition) is 3. The summed E-state index contributed by atoms with van der Waals surface area (Å²) in [5.74, 6) is 1.96. The van der Waals surface area contributed by atoms with Crippen molar-refractivity contribution < 1.29 is 4.52 Å². The summed E-state index contributed by atoms with van der Waals surface area (Å²) in [6.45, 7) is 5.54. The van der Waals surface area contributed by atoms with Crippen LogP contribution in [0.3, 0.4) is 0 Å². The van der Waals surface area contributed by atoms with Crippen LogP contribution in [0.2, 0.25) is 0 Å². The molecule has 1 aromatic carbocycles. The second-order valence-electron chi connectivity index (χ2n) is 6.61. The molecule has 24 heavy (non-hydrogen) atoms. The standard InChI is InChI=1S/C19H26N4O/c1-13(2)18-10-17(24-23-18)12-22-19(20-3)21-11-14-7-8-15-5-4-6-16(15)9-14/h7-10,13H,4-6,11-12H2,1-3H3,(H2,20,21,22). The molecule has 2 aromatic rings. The smallest absolute Gasteiger partial charge is 0.191 e. The maximum absolute atomic E-state index is 5.34. The highest BCUT2D eigenvalue weighted by molar-refractivity contribution is 5.79. The summed E-state index contributed by atoms with van der Waals surface area (Å²) >= 11 is 0. The van der Waals surface area contributed by atoms with Gasteiger partial charge in [-0.2, -0.15) is 0 Å². The summed E-state index contributed by atoms with van der Waals surface area (Å²) in [5, 5.41) is 10.7. The molecule has 0 spiro atoms. The number of guanidine groups is 1. The Morgan fingerprint density at radius 1 is 1.17 bits per heavy atom. The highest BCUT2D eigenvalue weighted by atomic mass is 16.5. The molecule has 0 bridgehead atoms. The van der Waals surface area contributed by atoms with Crippen LogP contribution in [0.15, 0.2) is 33.8 Å². The van der Waals surface area contributed by atoms with E-state index in [0.717, 1.165) is 24.0 Å². The number of hydrogen-bond donors (Lipinski definition) is 2. The molecule has 0 saturated heterocycles. The third-order valence-corrected chi connectivity index (χ3v) is 4.45. The lowest BCUT2D eigenvalue weighted by molar-refractivity contribution is 0.372. The Morgan fingerprint density at radius 2 is 1.96 bits per heavy atom. The number of aromatic nitrogens is 1. The molecule has 0 atom stereocenters. The predicted octanol–water partition coefficient (Wildman–Crippen LogP) is 3.15. The molecule has 0 fully saturated rings. The van der Waals surface area contributed by atoms with Crippen molar-refractivity contribution in [1.29, 1.82) is 0 Å². The van der Waals surface area contributed by atoms with Gasteiger partial charge < -0.3 is 15.2 Å². The van der Waals surface area contributed by atoms with Crippen LogP contribution in [0.5, 0.6) is 0 Å². The Morgan fingerprint density at radius 3 is 2.71 bits per heavy atom. The molecule has 0 radical (unpaired) electrons. The Labute approximate surface area is 143 Å². The lowest BCUT2D eigenvalue weighted by Crippen LogP contribution is -2.36. The van der Waals surface area contributed by atoms with Gasteiger partial charge in [-0.3, -0.25) is 4.99 Å². The monoisotopic (exact) mass is 326 g/mol. The average molecular weight is 326 g/mol. The Balaban J connectivity index is 1.51. The molecule has 1 aliphatic rings. The highest BCUT2D eigenvalue weighted by Gasteiger charge is 2.11. The van der Waals surface area contributed by atoms with E-state index >= 15 is 0 Å². The van der Waals surface area contributed by atoms with Crippen molar-refractivity contribution in [1.82, 2.24) is 15.8 Å². The van der Waals surface area contributed by atoms with Crippen LogP contribution >= 0.6 is 0 Å². The molecular weight excluding hydrogens is 300 g/mol. The Hall–Kier alpha value is -2.30. The third kappa shape index (κ3) is 3.96. The van der Waals surface area contributed by atoms with Crippen LogP contribution in [-0.2, 0) is 25.9 Å². The SMILES string of the molecule is CN=C(NCc1ccc2c(c1)CCC2)NCc1cc(C(C)C)no1. The van der Waals surface area contributed by atoms with Gasteiger partial charge in [0.1, 0.15) is 0 Å². The minimum atomic E-state index is 0.375. The van der Waals surface area contributed by atoms with Crippen molar-refractivity contribution in [3.63, 3.8) is 0 Å². The summed E-state index contributed by atoms with van der Waals surface area (Å²) < 4.78 is 5.34. The topological polar surface area (TPSA) is 62.5 Å². The quantitative estimate of drug-likeness (QED) is 0.654. The zero-order valence-corrected chi connectivity index (χ0v) is 14.7. The van der Waals surface area contributed by atoms with Gasteiger partial charge in [0.15, 0.2) is 11.7 Å². The van der Waals surface area contributed by atoms with E-state index in [0.29, 0.717) is 12.5 Å². The number of aliphatic imine (C=N–C) groups is 1. The van der Waals surface area contributed by atoms with Crippen molar-refractivity contribution in [2.75, 3.05) is 7.05 Å². The van der Waals surface area contributed by atoms with Gasteiger partial charge in [-0.25, -0.2) is 0 Å². The molecule has 1 aromatic heterocycles. The summed E-state index contributed by atoms with van der Waals surface area (Å²) in [6.07, 6.45) is 3.71. The summed E-state index contributed by atoms with van der Waals surface area (Å²) in [6, 6.07) is 8.77. The van der Waals surface area contributed by atoms with Gasteiger partial charge >= 0.3 is 0 Å². The Bertz CT molecular complexity index is 718. The van der Waals surface area contributed by atoms with Crippen LogP contribution in [0.4, 0.5) is 0 Å². The third-order valence-electron chi connectivity index (χ3n) is 4.45. The fraction of sp³-hybridized carbons (Fsp3) is 0.474. The molecular formula is C19H26N4O. The molecule has 0 aliphatic heterocycles. The summed E-state index contributed by atoms with van der Waals surface area (Å²) in [5.41, 5.74) is 5.28. The van der Waals surface area contributed by atoms with Crippen LogP contribution in [-0.4, -0.2) is 18.2 Å². The summed E-state index contributed by atoms with van der Waals surface area (Å²) in [7, 11) is 1.78. The van der Waals surface area contributed by atoms with Gasteiger partial charge in [0.05, 0.1) is 12.2 Å². The van der Waals surface area contributed by atoms with Crippen molar-refractivity contribution in [2.24, 2.45) is 4.99 Å². The lowest BCUT2D eigenvalue weighted by atomic mass is 10.1. The molecule has 3 rings (SSSR count). The first-order valence-electron chi connectivity index (χ1n) is 8.66. The van der Waals surface area contributed by atoms with Gasteiger partial charge in [-0.05, 0) is 41.9 Å². The maximum atomic E-state index is 5.34. The highest BCUT2D eigenvalue weighted by Crippen LogP contribution is 2.22. The molecule has 128 valence electrons. The number of rotatable bonds is 5. The van der Waals surface area contributed by atoms with Gasteiger partial charge in [0.25, 0.3) is 0 Å². The number of nitrogens with one attached hydrogen (secondary N) is 2. The van der Waals surface area contributed by atoms with Crippen molar-refractivity contribution in [3.05, 3.63) is 52.4 Å². The minimum absolute atomic E-state index is 0.375. The van der Waals surface area contributed by atoms with Crippen LogP contribution in [0.25, 0.3) is 0 Å². The zero-order chi connectivity index (χ0) is 16.9. The molecule has 5 heteroatoms. The molecule has 0 saturated carbocycles. The van der Waals surface area contributed by atoms with Crippen LogP contribution in [0, 0.1) is 0 Å². The second-order valence-corrected chi connectivity index (χ2v) is 6.61. The van der Waals surface area contributed by atoms with Gasteiger partial charge in [0, 0.05) is 19.7 Å². The fourth-order valence-corrected chi connectivity index (χ4v) is 3.00. The van der Waals surface area contributed by atoms with Gasteiger partial charge in [0.2, 0.25) is 0 Å². The van der Waals surface area contributed by atoms with E-state index in [1.165, 1.54) is 36.0 Å². The van der Waals surface area contributed by atoms with E-state index in [-0.39, 0.29) is 0 Å². The largest absolute Gasteiger partial charge is 0.359 e. The van der Waals surface area contributed by atoms with Crippen LogP contribution in [0.1, 0.15) is 54.3 Å². The van der Waals surface area contributed by atoms with E-state index in [2.05, 4.69) is 52.8 Å². The van der Waals surface area contributed by atoms with E-state index in [4.69, 9.17) is 4.52 Å². The van der Waals surface area contributed by atoms with Crippen molar-refractivity contribution >= 4 is 5.96 Å². The molecule has 0 unspecified atom stereocenters. The van der Waals surface area contributed by atoms with Crippen molar-refractivity contribution in [2.45, 2.75) is 52.1 Å². The first-order chi connectivity index (χ1) is 11.7. The second kappa shape index (κ2) is 7.51. The number of aryl methyl sites for hydroxylation is 2. The average Bonchev–Trinajstić information content (AvgIpc) is 3.23. The number of benzene rings is 1.